The van der Waals surface area contributed by atoms with Gasteiger partial charge in [0.25, 0.3) is 5.91 Å². The van der Waals surface area contributed by atoms with Crippen molar-refractivity contribution >= 4 is 34.2 Å². The van der Waals surface area contributed by atoms with Gasteiger partial charge in [0.15, 0.2) is 0 Å². The number of amides is 1. The summed E-state index contributed by atoms with van der Waals surface area (Å²) in [5.74, 6) is 0.0676. The molecule has 0 aromatic heterocycles. The Morgan fingerprint density at radius 1 is 1.38 bits per heavy atom. The van der Waals surface area contributed by atoms with E-state index >= 15 is 0 Å². The Hall–Kier alpha value is -0.620. The Morgan fingerprint density at radius 3 is 2.62 bits per heavy atom. The summed E-state index contributed by atoms with van der Waals surface area (Å²) in [6, 6.07) is 8.17. The van der Waals surface area contributed by atoms with E-state index in [-0.39, 0.29) is 30.5 Å². The van der Waals surface area contributed by atoms with Crippen LogP contribution in [-0.2, 0) is 16.0 Å². The number of carbonyl (C=O) groups excluding carboxylic acids is 1. The fourth-order valence-corrected chi connectivity index (χ4v) is 2.63. The summed E-state index contributed by atoms with van der Waals surface area (Å²) < 4.78 is 6.71. The van der Waals surface area contributed by atoms with Gasteiger partial charge in [-0.25, -0.2) is 0 Å². The lowest BCUT2D eigenvalue weighted by molar-refractivity contribution is -0.141. The zero-order valence-corrected chi connectivity index (χ0v) is 14.5. The van der Waals surface area contributed by atoms with Crippen LogP contribution < -0.4 is 5.73 Å². The topological polar surface area (TPSA) is 55.6 Å². The Bertz CT molecular complexity index is 455. The van der Waals surface area contributed by atoms with E-state index in [4.69, 9.17) is 10.5 Å². The van der Waals surface area contributed by atoms with Gasteiger partial charge < -0.3 is 15.4 Å². The quantitative estimate of drug-likeness (QED) is 0.857. The minimum atomic E-state index is -0.307. The fourth-order valence-electron chi connectivity index (χ4n) is 2.36. The van der Waals surface area contributed by atoms with Crippen molar-refractivity contribution in [1.82, 2.24) is 4.90 Å². The van der Waals surface area contributed by atoms with Gasteiger partial charge in [-0.1, -0.05) is 28.1 Å². The van der Waals surface area contributed by atoms with E-state index in [0.717, 1.165) is 23.7 Å². The first-order valence-corrected chi connectivity index (χ1v) is 7.74. The van der Waals surface area contributed by atoms with Crippen molar-refractivity contribution < 1.29 is 9.53 Å². The van der Waals surface area contributed by atoms with Gasteiger partial charge in [0.2, 0.25) is 0 Å². The van der Waals surface area contributed by atoms with Crippen molar-refractivity contribution in [3.63, 3.8) is 0 Å². The molecule has 0 spiro atoms. The van der Waals surface area contributed by atoms with Crippen LogP contribution in [0.3, 0.4) is 0 Å². The minimum Gasteiger partial charge on any atom is -0.364 e. The molecular formula is C15H22BrClN2O2. The zero-order valence-electron chi connectivity index (χ0n) is 12.1. The van der Waals surface area contributed by atoms with Crippen LogP contribution in [0.1, 0.15) is 18.4 Å². The smallest absolute Gasteiger partial charge is 0.251 e. The molecule has 0 bridgehead atoms. The predicted molar refractivity (Wildman–Crippen MR) is 89.7 cm³/mol. The second-order valence-electron chi connectivity index (χ2n) is 5.20. The van der Waals surface area contributed by atoms with Gasteiger partial charge in [0, 0.05) is 24.6 Å². The molecule has 0 aliphatic carbocycles. The number of halogens is 2. The maximum absolute atomic E-state index is 12.2. The van der Waals surface area contributed by atoms with Crippen molar-refractivity contribution in [2.75, 3.05) is 20.1 Å². The van der Waals surface area contributed by atoms with E-state index in [1.54, 1.807) is 4.90 Å². The van der Waals surface area contributed by atoms with Crippen molar-refractivity contribution in [3.05, 3.63) is 34.3 Å². The highest BCUT2D eigenvalue weighted by Crippen LogP contribution is 2.20. The third kappa shape index (κ3) is 5.25. The Labute approximate surface area is 140 Å². The average Bonchev–Trinajstić information content (AvgIpc) is 2.94. The van der Waals surface area contributed by atoms with Gasteiger partial charge >= 0.3 is 0 Å². The number of nitrogens with zero attached hydrogens (tertiary/aromatic N) is 1. The second-order valence-corrected chi connectivity index (χ2v) is 6.11. The van der Waals surface area contributed by atoms with Crippen molar-refractivity contribution in [2.24, 2.45) is 5.73 Å². The highest BCUT2D eigenvalue weighted by atomic mass is 79.9. The molecule has 0 unspecified atom stereocenters. The number of ether oxygens (including phenoxy) is 1. The van der Waals surface area contributed by atoms with E-state index in [2.05, 4.69) is 28.1 Å². The van der Waals surface area contributed by atoms with E-state index in [9.17, 15) is 4.79 Å². The summed E-state index contributed by atoms with van der Waals surface area (Å²) in [6.07, 6.45) is 2.25. The summed E-state index contributed by atoms with van der Waals surface area (Å²) in [4.78, 5) is 14.0. The van der Waals surface area contributed by atoms with Gasteiger partial charge in [-0.2, -0.15) is 0 Å². The predicted octanol–water partition coefficient (Wildman–Crippen LogP) is 2.38. The second kappa shape index (κ2) is 8.73. The van der Waals surface area contributed by atoms with Crippen LogP contribution >= 0.6 is 28.3 Å². The van der Waals surface area contributed by atoms with Crippen LogP contribution in [-0.4, -0.2) is 43.2 Å². The third-order valence-electron chi connectivity index (χ3n) is 3.67. The van der Waals surface area contributed by atoms with Gasteiger partial charge in [0.05, 0.1) is 6.10 Å². The lowest BCUT2D eigenvalue weighted by atomic mass is 10.1. The summed E-state index contributed by atoms with van der Waals surface area (Å²) in [5, 5.41) is 0. The lowest BCUT2D eigenvalue weighted by Gasteiger charge is -2.21. The van der Waals surface area contributed by atoms with Crippen molar-refractivity contribution in [1.29, 1.82) is 0 Å². The molecule has 1 aliphatic rings. The van der Waals surface area contributed by atoms with E-state index in [1.807, 2.05) is 19.2 Å². The summed E-state index contributed by atoms with van der Waals surface area (Å²) in [5.41, 5.74) is 6.79. The summed E-state index contributed by atoms with van der Waals surface area (Å²) in [6.45, 7) is 1.19. The third-order valence-corrected chi connectivity index (χ3v) is 4.20. The molecule has 1 aromatic rings. The first-order chi connectivity index (χ1) is 9.60. The molecule has 2 atom stereocenters. The number of nitrogens with two attached hydrogens (primary N) is 1. The van der Waals surface area contributed by atoms with Crippen molar-refractivity contribution in [2.45, 2.75) is 31.5 Å². The molecule has 21 heavy (non-hydrogen) atoms. The number of hydrogen-bond donors (Lipinski definition) is 1. The van der Waals surface area contributed by atoms with Gasteiger partial charge in [-0.15, -0.1) is 12.4 Å². The number of rotatable bonds is 5. The molecule has 4 nitrogen and oxygen atoms in total. The number of likely N-dealkylation sites (N-methyl/N-ethyl adjacent to an activating group) is 1. The maximum Gasteiger partial charge on any atom is 0.251 e. The highest BCUT2D eigenvalue weighted by molar-refractivity contribution is 9.10. The van der Waals surface area contributed by atoms with Gasteiger partial charge in [-0.05, 0) is 37.0 Å². The molecule has 0 radical (unpaired) electrons. The van der Waals surface area contributed by atoms with Crippen LogP contribution in [0, 0.1) is 0 Å². The maximum atomic E-state index is 12.2. The molecule has 1 saturated heterocycles. The summed E-state index contributed by atoms with van der Waals surface area (Å²) >= 11 is 3.41. The normalized spacial score (nSPS) is 20.9. The molecule has 1 amide bonds. The Balaban J connectivity index is 0.00000220. The molecular weight excluding hydrogens is 356 g/mol. The van der Waals surface area contributed by atoms with Gasteiger partial charge in [0.1, 0.15) is 6.10 Å². The zero-order chi connectivity index (χ0) is 14.5. The Morgan fingerprint density at radius 2 is 2.05 bits per heavy atom. The molecule has 2 rings (SSSR count). The standard InChI is InChI=1S/C15H21BrN2O2.ClH/c1-18(9-8-11-2-4-12(16)5-3-11)15(19)14-7-6-13(10-17)20-14;/h2-5,13-14H,6-10,17H2,1H3;1H/t13-,14+;/m1./s1. The van der Waals surface area contributed by atoms with Crippen LogP contribution in [0.25, 0.3) is 0 Å². The molecule has 2 N–H and O–H groups in total. The van der Waals surface area contributed by atoms with Crippen LogP contribution in [0.5, 0.6) is 0 Å². The SMILES string of the molecule is CN(CCc1ccc(Br)cc1)C(=O)[C@@H]1CC[C@H](CN)O1.Cl. The first kappa shape index (κ1) is 18.4. The molecule has 0 saturated carbocycles. The lowest BCUT2D eigenvalue weighted by Crippen LogP contribution is -2.38. The number of hydrogen-bond acceptors (Lipinski definition) is 3. The fraction of sp³-hybridized carbons (Fsp3) is 0.533. The molecule has 1 aliphatic heterocycles. The molecule has 1 heterocycles. The van der Waals surface area contributed by atoms with Crippen LogP contribution in [0.15, 0.2) is 28.7 Å². The Kier molecular flexibility index (Phi) is 7.66. The van der Waals surface area contributed by atoms with Crippen molar-refractivity contribution in [3.8, 4) is 0 Å². The minimum absolute atomic E-state index is 0. The average molecular weight is 378 g/mol. The van der Waals surface area contributed by atoms with Crippen LogP contribution in [0.4, 0.5) is 0 Å². The van der Waals surface area contributed by atoms with Gasteiger partial charge in [-0.3, -0.25) is 4.79 Å². The molecule has 118 valence electrons. The number of benzene rings is 1. The van der Waals surface area contributed by atoms with Crippen LogP contribution in [0.2, 0.25) is 0 Å². The first-order valence-electron chi connectivity index (χ1n) is 6.95. The molecule has 1 aromatic carbocycles. The monoisotopic (exact) mass is 376 g/mol. The summed E-state index contributed by atoms with van der Waals surface area (Å²) in [7, 11) is 1.83. The number of carbonyl (C=O) groups is 1. The van der Waals surface area contributed by atoms with E-state index in [0.29, 0.717) is 13.1 Å². The molecule has 6 heteroatoms. The largest absolute Gasteiger partial charge is 0.364 e. The van der Waals surface area contributed by atoms with E-state index in [1.165, 1.54) is 5.56 Å². The van der Waals surface area contributed by atoms with E-state index < -0.39 is 0 Å². The highest BCUT2D eigenvalue weighted by Gasteiger charge is 2.31. The molecule has 1 fully saturated rings.